The molecule has 0 bridgehead atoms. The van der Waals surface area contributed by atoms with Crippen LogP contribution >= 0.6 is 11.3 Å². The number of fused-ring (bicyclic) bond motifs is 1. The average molecular weight is 399 g/mol. The van der Waals surface area contributed by atoms with Crippen LogP contribution in [0.15, 0.2) is 30.3 Å². The minimum atomic E-state index is -0.471. The number of rotatable bonds is 7. The number of amides is 2. The minimum Gasteiger partial charge on any atom is -0.497 e. The lowest BCUT2D eigenvalue weighted by molar-refractivity contribution is -0.111. The lowest BCUT2D eigenvalue weighted by atomic mass is 9.84. The summed E-state index contributed by atoms with van der Waals surface area (Å²) in [6, 6.07) is 7.41. The fourth-order valence-corrected chi connectivity index (χ4v) is 5.07. The standard InChI is InChI=1S/C22H26N2O3S/c1-3-4-15-7-11-17-18(13-15)28-22(20(17)21(23)26)24-19(25)12-8-14-5-9-16(27-2)10-6-14/h5-6,8-10,12,15H,3-4,7,11,13H2,1-2H3,(H2,23,26)(H,24,25). The Labute approximate surface area is 169 Å². The molecule has 0 saturated heterocycles. The molecule has 1 aromatic carbocycles. The van der Waals surface area contributed by atoms with Crippen molar-refractivity contribution in [2.75, 3.05) is 12.4 Å². The molecule has 0 spiro atoms. The van der Waals surface area contributed by atoms with Crippen LogP contribution in [0.25, 0.3) is 6.08 Å². The van der Waals surface area contributed by atoms with Crippen molar-refractivity contribution in [3.63, 3.8) is 0 Å². The molecule has 1 aliphatic rings. The molecule has 6 heteroatoms. The van der Waals surface area contributed by atoms with Crippen LogP contribution < -0.4 is 15.8 Å². The zero-order valence-electron chi connectivity index (χ0n) is 16.3. The van der Waals surface area contributed by atoms with E-state index in [9.17, 15) is 9.59 Å². The first-order valence-electron chi connectivity index (χ1n) is 9.59. The molecule has 5 nitrogen and oxygen atoms in total. The number of thiophene rings is 1. The number of hydrogen-bond donors (Lipinski definition) is 2. The molecule has 28 heavy (non-hydrogen) atoms. The van der Waals surface area contributed by atoms with Crippen molar-refractivity contribution in [1.29, 1.82) is 0 Å². The number of carbonyl (C=O) groups is 2. The Morgan fingerprint density at radius 2 is 2.07 bits per heavy atom. The number of nitrogens with one attached hydrogen (secondary N) is 1. The maximum Gasteiger partial charge on any atom is 0.251 e. The van der Waals surface area contributed by atoms with Crippen molar-refractivity contribution in [3.8, 4) is 5.75 Å². The van der Waals surface area contributed by atoms with Gasteiger partial charge in [-0.3, -0.25) is 9.59 Å². The van der Waals surface area contributed by atoms with Gasteiger partial charge >= 0.3 is 0 Å². The van der Waals surface area contributed by atoms with Gasteiger partial charge in [0.1, 0.15) is 10.8 Å². The molecule has 2 aromatic rings. The third kappa shape index (κ3) is 4.62. The third-order valence-electron chi connectivity index (χ3n) is 5.09. The molecule has 1 heterocycles. The van der Waals surface area contributed by atoms with E-state index in [1.807, 2.05) is 24.3 Å². The van der Waals surface area contributed by atoms with Gasteiger partial charge in [0.2, 0.25) is 5.91 Å². The van der Waals surface area contributed by atoms with Crippen molar-refractivity contribution in [1.82, 2.24) is 0 Å². The molecule has 3 rings (SSSR count). The van der Waals surface area contributed by atoms with E-state index < -0.39 is 5.91 Å². The number of methoxy groups -OCH3 is 1. The van der Waals surface area contributed by atoms with Gasteiger partial charge in [-0.05, 0) is 54.5 Å². The Morgan fingerprint density at radius 1 is 1.32 bits per heavy atom. The largest absolute Gasteiger partial charge is 0.497 e. The molecule has 1 aromatic heterocycles. The monoisotopic (exact) mass is 398 g/mol. The highest BCUT2D eigenvalue weighted by atomic mass is 32.1. The van der Waals surface area contributed by atoms with E-state index in [1.54, 1.807) is 13.2 Å². The topological polar surface area (TPSA) is 81.4 Å². The maximum absolute atomic E-state index is 12.4. The summed E-state index contributed by atoms with van der Waals surface area (Å²) < 4.78 is 5.13. The van der Waals surface area contributed by atoms with Crippen molar-refractivity contribution in [3.05, 3.63) is 51.9 Å². The fourth-order valence-electron chi connectivity index (χ4n) is 3.70. The summed E-state index contributed by atoms with van der Waals surface area (Å²) in [4.78, 5) is 25.6. The Kier molecular flexibility index (Phi) is 6.52. The van der Waals surface area contributed by atoms with E-state index in [-0.39, 0.29) is 5.91 Å². The smallest absolute Gasteiger partial charge is 0.251 e. The Bertz CT molecular complexity index is 884. The van der Waals surface area contributed by atoms with Crippen LogP contribution in [0.2, 0.25) is 0 Å². The molecular weight excluding hydrogens is 372 g/mol. The van der Waals surface area contributed by atoms with Crippen LogP contribution in [0.1, 0.15) is 52.5 Å². The third-order valence-corrected chi connectivity index (χ3v) is 6.26. The highest BCUT2D eigenvalue weighted by molar-refractivity contribution is 7.17. The van der Waals surface area contributed by atoms with Crippen LogP contribution in [-0.4, -0.2) is 18.9 Å². The lowest BCUT2D eigenvalue weighted by Crippen LogP contribution is -2.19. The molecule has 1 aliphatic carbocycles. The van der Waals surface area contributed by atoms with E-state index in [2.05, 4.69) is 12.2 Å². The van der Waals surface area contributed by atoms with Gasteiger partial charge < -0.3 is 15.8 Å². The highest BCUT2D eigenvalue weighted by Crippen LogP contribution is 2.40. The molecule has 3 N–H and O–H groups in total. The molecule has 1 atom stereocenters. The van der Waals surface area contributed by atoms with Gasteiger partial charge in [0.05, 0.1) is 12.7 Å². The number of primary amides is 1. The van der Waals surface area contributed by atoms with E-state index in [0.29, 0.717) is 16.5 Å². The van der Waals surface area contributed by atoms with Crippen LogP contribution in [0.3, 0.4) is 0 Å². The minimum absolute atomic E-state index is 0.276. The number of nitrogens with two attached hydrogens (primary N) is 1. The summed E-state index contributed by atoms with van der Waals surface area (Å²) >= 11 is 1.49. The second-order valence-corrected chi connectivity index (χ2v) is 8.17. The maximum atomic E-state index is 12.4. The number of benzene rings is 1. The normalized spacial score (nSPS) is 16.0. The van der Waals surface area contributed by atoms with Gasteiger partial charge in [-0.25, -0.2) is 0 Å². The first-order chi connectivity index (χ1) is 13.5. The van der Waals surface area contributed by atoms with Crippen LogP contribution in [-0.2, 0) is 17.6 Å². The summed E-state index contributed by atoms with van der Waals surface area (Å²) in [6.45, 7) is 2.19. The van der Waals surface area contributed by atoms with Crippen LogP contribution in [0, 0.1) is 5.92 Å². The molecule has 0 saturated carbocycles. The number of anilines is 1. The summed E-state index contributed by atoms with van der Waals surface area (Å²) in [5.74, 6) is 0.663. The van der Waals surface area contributed by atoms with E-state index in [0.717, 1.165) is 42.6 Å². The first-order valence-corrected chi connectivity index (χ1v) is 10.4. The summed E-state index contributed by atoms with van der Waals surface area (Å²) in [5, 5.41) is 3.42. The molecule has 1 unspecified atom stereocenters. The molecule has 0 fully saturated rings. The summed E-state index contributed by atoms with van der Waals surface area (Å²) in [6.07, 6.45) is 8.43. The second kappa shape index (κ2) is 9.06. The first kappa shape index (κ1) is 20.1. The van der Waals surface area contributed by atoms with Crippen molar-refractivity contribution < 1.29 is 14.3 Å². The van der Waals surface area contributed by atoms with Gasteiger partial charge in [-0.2, -0.15) is 0 Å². The van der Waals surface area contributed by atoms with E-state index in [1.165, 1.54) is 28.7 Å². The molecule has 148 valence electrons. The Balaban J connectivity index is 1.75. The Hall–Kier alpha value is -2.60. The lowest BCUT2D eigenvalue weighted by Gasteiger charge is -2.21. The van der Waals surface area contributed by atoms with Crippen molar-refractivity contribution >= 4 is 34.2 Å². The number of carbonyl (C=O) groups excluding carboxylic acids is 2. The molecule has 0 aliphatic heterocycles. The quantitative estimate of drug-likeness (QED) is 0.678. The van der Waals surface area contributed by atoms with Gasteiger partial charge in [0, 0.05) is 11.0 Å². The zero-order valence-corrected chi connectivity index (χ0v) is 17.1. The summed E-state index contributed by atoms with van der Waals surface area (Å²) in [5.41, 5.74) is 8.03. The fraction of sp³-hybridized carbons (Fsp3) is 0.364. The van der Waals surface area contributed by atoms with E-state index in [4.69, 9.17) is 10.5 Å². The molecular formula is C22H26N2O3S. The van der Waals surface area contributed by atoms with Gasteiger partial charge in [0.15, 0.2) is 0 Å². The van der Waals surface area contributed by atoms with Crippen LogP contribution in [0.5, 0.6) is 5.75 Å². The van der Waals surface area contributed by atoms with Crippen molar-refractivity contribution in [2.45, 2.75) is 39.0 Å². The number of hydrogen-bond acceptors (Lipinski definition) is 4. The van der Waals surface area contributed by atoms with Crippen molar-refractivity contribution in [2.24, 2.45) is 11.7 Å². The predicted octanol–water partition coefficient (Wildman–Crippen LogP) is 4.41. The zero-order chi connectivity index (χ0) is 20.1. The van der Waals surface area contributed by atoms with Gasteiger partial charge in [-0.1, -0.05) is 31.9 Å². The predicted molar refractivity (Wildman–Crippen MR) is 114 cm³/mol. The SMILES string of the molecule is CCCC1CCc2c(sc(NC(=O)C=Cc3ccc(OC)cc3)c2C(N)=O)C1. The van der Waals surface area contributed by atoms with E-state index >= 15 is 0 Å². The Morgan fingerprint density at radius 3 is 2.71 bits per heavy atom. The summed E-state index contributed by atoms with van der Waals surface area (Å²) in [7, 11) is 1.61. The average Bonchev–Trinajstić information content (AvgIpc) is 3.04. The second-order valence-electron chi connectivity index (χ2n) is 7.07. The highest BCUT2D eigenvalue weighted by Gasteiger charge is 2.28. The molecule has 0 radical (unpaired) electrons. The van der Waals surface area contributed by atoms with Gasteiger partial charge in [-0.15, -0.1) is 11.3 Å². The van der Waals surface area contributed by atoms with Gasteiger partial charge in [0.25, 0.3) is 5.91 Å². The number of ether oxygens (including phenoxy) is 1. The molecule has 2 amide bonds. The van der Waals surface area contributed by atoms with Crippen LogP contribution in [0.4, 0.5) is 5.00 Å².